The fraction of sp³-hybridized carbons (Fsp3) is 0.700. The lowest BCUT2D eigenvalue weighted by molar-refractivity contribution is -0.129. The molecule has 13 heavy (non-hydrogen) atoms. The first kappa shape index (κ1) is 12.2. The average molecular weight is 184 g/mol. The summed E-state index contributed by atoms with van der Waals surface area (Å²) in [5.74, 6) is 0.0735. The first-order chi connectivity index (χ1) is 6.04. The second-order valence-corrected chi connectivity index (χ2v) is 3.19. The Morgan fingerprint density at radius 2 is 1.77 bits per heavy atom. The van der Waals surface area contributed by atoms with Gasteiger partial charge in [-0.05, 0) is 27.7 Å². The molecule has 0 aliphatic rings. The minimum Gasteiger partial charge on any atom is -0.275 e. The van der Waals surface area contributed by atoms with Crippen LogP contribution in [-0.2, 0) is 4.79 Å². The maximum atomic E-state index is 11.7. The lowest BCUT2D eigenvalue weighted by atomic mass is 10.1. The molecule has 3 heteroatoms. The van der Waals surface area contributed by atoms with Crippen LogP contribution >= 0.6 is 0 Å². The Bertz CT molecular complexity index is 205. The van der Waals surface area contributed by atoms with Gasteiger partial charge in [-0.15, -0.1) is 0 Å². The van der Waals surface area contributed by atoms with E-state index in [2.05, 4.69) is 5.43 Å². The minimum absolute atomic E-state index is 0.0735. The Balaban J connectivity index is 4.47. The van der Waals surface area contributed by atoms with Gasteiger partial charge in [0.25, 0.3) is 5.91 Å². The van der Waals surface area contributed by atoms with Crippen LogP contribution in [0.5, 0.6) is 0 Å². The number of nitrogens with zero attached hydrogens (tertiary/aromatic N) is 1. The fourth-order valence-electron chi connectivity index (χ4n) is 0.934. The summed E-state index contributed by atoms with van der Waals surface area (Å²) in [5, 5.41) is 1.64. The summed E-state index contributed by atoms with van der Waals surface area (Å²) in [6.45, 7) is 11.2. The average Bonchev–Trinajstić information content (AvgIpc) is 2.11. The van der Waals surface area contributed by atoms with Crippen LogP contribution in [-0.4, -0.2) is 24.0 Å². The van der Waals surface area contributed by atoms with Crippen LogP contribution in [0.2, 0.25) is 0 Å². The van der Waals surface area contributed by atoms with E-state index in [1.165, 1.54) is 0 Å². The third-order valence-electron chi connectivity index (χ3n) is 1.98. The maximum absolute atomic E-state index is 11.7. The molecule has 0 spiro atoms. The largest absolute Gasteiger partial charge is 0.275 e. The van der Waals surface area contributed by atoms with Gasteiger partial charge in [0.2, 0.25) is 0 Å². The first-order valence-electron chi connectivity index (χ1n) is 4.74. The number of hydrogen-bond donors (Lipinski definition) is 1. The Morgan fingerprint density at radius 1 is 1.23 bits per heavy atom. The van der Waals surface area contributed by atoms with E-state index in [0.29, 0.717) is 6.54 Å². The highest BCUT2D eigenvalue weighted by atomic mass is 16.2. The lowest BCUT2D eigenvalue weighted by Crippen LogP contribution is -2.43. The molecular weight excluding hydrogens is 164 g/mol. The quantitative estimate of drug-likeness (QED) is 0.533. The highest BCUT2D eigenvalue weighted by Crippen LogP contribution is 2.05. The number of amides is 1. The summed E-state index contributed by atoms with van der Waals surface area (Å²) in [4.78, 5) is 11.7. The third-order valence-corrected chi connectivity index (χ3v) is 1.98. The summed E-state index contributed by atoms with van der Waals surface area (Å²) >= 11 is 0. The van der Waals surface area contributed by atoms with E-state index in [1.807, 2.05) is 34.6 Å². The summed E-state index contributed by atoms with van der Waals surface area (Å²) in [5.41, 5.74) is 4.91. The lowest BCUT2D eigenvalue weighted by Gasteiger charge is -2.21. The maximum Gasteiger partial charge on any atom is 0.263 e. The summed E-state index contributed by atoms with van der Waals surface area (Å²) in [7, 11) is 0. The summed E-state index contributed by atoms with van der Waals surface area (Å²) in [6, 6.07) is 0. The highest BCUT2D eigenvalue weighted by molar-refractivity contribution is 5.93. The molecule has 0 aliphatic heterocycles. The van der Waals surface area contributed by atoms with E-state index < -0.39 is 0 Å². The van der Waals surface area contributed by atoms with E-state index in [0.717, 1.165) is 17.7 Å². The van der Waals surface area contributed by atoms with Crippen molar-refractivity contribution in [3.8, 4) is 0 Å². The monoisotopic (exact) mass is 184 g/mol. The van der Waals surface area contributed by atoms with E-state index in [-0.39, 0.29) is 5.91 Å². The van der Waals surface area contributed by atoms with Crippen LogP contribution in [0.15, 0.2) is 11.1 Å². The van der Waals surface area contributed by atoms with E-state index >= 15 is 0 Å². The van der Waals surface area contributed by atoms with Crippen LogP contribution in [0.3, 0.4) is 0 Å². The van der Waals surface area contributed by atoms with Crippen molar-refractivity contribution < 1.29 is 4.79 Å². The van der Waals surface area contributed by atoms with Crippen molar-refractivity contribution in [3.05, 3.63) is 11.1 Å². The normalized spacial score (nSPS) is 9.62. The molecule has 3 nitrogen and oxygen atoms in total. The van der Waals surface area contributed by atoms with Crippen molar-refractivity contribution >= 4 is 5.91 Å². The molecule has 0 rings (SSSR count). The number of rotatable bonds is 4. The van der Waals surface area contributed by atoms with Crippen LogP contribution in [0.25, 0.3) is 0 Å². The molecule has 1 N–H and O–H groups in total. The van der Waals surface area contributed by atoms with E-state index in [1.54, 1.807) is 5.01 Å². The smallest absolute Gasteiger partial charge is 0.263 e. The first-order valence-corrected chi connectivity index (χ1v) is 4.74. The molecule has 0 atom stereocenters. The molecule has 0 fully saturated rings. The molecule has 1 amide bonds. The van der Waals surface area contributed by atoms with Gasteiger partial charge in [0.15, 0.2) is 0 Å². The molecular formula is C10H20N2O. The number of nitrogens with one attached hydrogen (secondary N) is 1. The molecule has 0 aliphatic carbocycles. The number of carbonyl (C=O) groups excluding carboxylic acids is 1. The molecule has 0 saturated carbocycles. The second kappa shape index (κ2) is 5.75. The van der Waals surface area contributed by atoms with Crippen LogP contribution < -0.4 is 5.43 Å². The molecule has 0 radical (unpaired) electrons. The van der Waals surface area contributed by atoms with Crippen molar-refractivity contribution in [2.24, 2.45) is 0 Å². The van der Waals surface area contributed by atoms with Crippen molar-refractivity contribution in [1.82, 2.24) is 10.4 Å². The van der Waals surface area contributed by atoms with Crippen molar-refractivity contribution in [2.75, 3.05) is 13.1 Å². The van der Waals surface area contributed by atoms with Gasteiger partial charge >= 0.3 is 0 Å². The van der Waals surface area contributed by atoms with Gasteiger partial charge in [0, 0.05) is 18.7 Å². The third kappa shape index (κ3) is 3.59. The minimum atomic E-state index is 0.0735. The Hall–Kier alpha value is -0.830. The Labute approximate surface area is 80.8 Å². The van der Waals surface area contributed by atoms with Crippen LogP contribution in [0.4, 0.5) is 0 Å². The van der Waals surface area contributed by atoms with Crippen molar-refractivity contribution in [3.63, 3.8) is 0 Å². The molecule has 0 saturated heterocycles. The zero-order valence-electron chi connectivity index (χ0n) is 9.27. The number of hydrazine groups is 1. The van der Waals surface area contributed by atoms with Gasteiger partial charge in [-0.25, -0.2) is 5.43 Å². The van der Waals surface area contributed by atoms with Crippen LogP contribution in [0.1, 0.15) is 34.6 Å². The highest BCUT2D eigenvalue weighted by Gasteiger charge is 2.12. The predicted molar refractivity (Wildman–Crippen MR) is 55.1 cm³/mol. The summed E-state index contributed by atoms with van der Waals surface area (Å²) in [6.07, 6.45) is 0. The van der Waals surface area contributed by atoms with Gasteiger partial charge in [-0.2, -0.15) is 0 Å². The molecule has 0 bridgehead atoms. The number of likely N-dealkylation sites (N-methyl/N-ethyl adjacent to an activating group) is 1. The number of hydrogen-bond acceptors (Lipinski definition) is 2. The van der Waals surface area contributed by atoms with E-state index in [9.17, 15) is 4.79 Å². The van der Waals surface area contributed by atoms with Gasteiger partial charge < -0.3 is 0 Å². The molecule has 0 heterocycles. The number of allylic oxidation sites excluding steroid dienone is 1. The summed E-state index contributed by atoms with van der Waals surface area (Å²) < 4.78 is 0. The molecule has 0 aromatic carbocycles. The zero-order chi connectivity index (χ0) is 10.4. The van der Waals surface area contributed by atoms with Gasteiger partial charge in [-0.3, -0.25) is 9.80 Å². The topological polar surface area (TPSA) is 32.3 Å². The van der Waals surface area contributed by atoms with Crippen molar-refractivity contribution in [2.45, 2.75) is 34.6 Å². The standard InChI is InChI=1S/C10H20N2O/c1-6-11-12(7-2)10(13)9(5)8(3)4/h11H,6-7H2,1-5H3. The Morgan fingerprint density at radius 3 is 2.08 bits per heavy atom. The predicted octanol–water partition coefficient (Wildman–Crippen LogP) is 1.72. The zero-order valence-corrected chi connectivity index (χ0v) is 9.27. The second-order valence-electron chi connectivity index (χ2n) is 3.19. The van der Waals surface area contributed by atoms with Crippen molar-refractivity contribution in [1.29, 1.82) is 0 Å². The Kier molecular flexibility index (Phi) is 5.39. The van der Waals surface area contributed by atoms with Gasteiger partial charge in [0.05, 0.1) is 0 Å². The molecule has 0 aromatic heterocycles. The van der Waals surface area contributed by atoms with Gasteiger partial charge in [-0.1, -0.05) is 12.5 Å². The number of carbonyl (C=O) groups is 1. The molecule has 0 aromatic rings. The van der Waals surface area contributed by atoms with E-state index in [4.69, 9.17) is 0 Å². The van der Waals surface area contributed by atoms with Crippen LogP contribution in [0, 0.1) is 0 Å². The molecule has 76 valence electrons. The SMILES string of the molecule is CCNN(CC)C(=O)C(C)=C(C)C. The fourth-order valence-corrected chi connectivity index (χ4v) is 0.934. The van der Waals surface area contributed by atoms with Gasteiger partial charge in [0.1, 0.15) is 0 Å². The molecule has 0 unspecified atom stereocenters.